The number of halogens is 4. The number of terminal acetylenes is 1. The van der Waals surface area contributed by atoms with Gasteiger partial charge in [-0.3, -0.25) is 9.63 Å². The molecule has 0 saturated carbocycles. The lowest BCUT2D eigenvalue weighted by Gasteiger charge is -2.17. The highest BCUT2D eigenvalue weighted by molar-refractivity contribution is 6.29. The molecule has 0 fully saturated rings. The van der Waals surface area contributed by atoms with Crippen LogP contribution >= 0.6 is 11.6 Å². The lowest BCUT2D eigenvalue weighted by molar-refractivity contribution is -0.138. The fourth-order valence-corrected chi connectivity index (χ4v) is 3.19. The minimum absolute atomic E-state index is 0.0987. The molecular formula is C21H19ClF3N7O4. The van der Waals surface area contributed by atoms with E-state index in [0.29, 0.717) is 17.4 Å². The monoisotopic (exact) mass is 525 g/mol. The average Bonchev–Trinajstić information content (AvgIpc) is 3.20. The van der Waals surface area contributed by atoms with Crippen LogP contribution in [0.15, 0.2) is 24.5 Å². The number of hydrogen-bond donors (Lipinski definition) is 3. The van der Waals surface area contributed by atoms with Crippen LogP contribution in [0.4, 0.5) is 29.3 Å². The number of urea groups is 1. The van der Waals surface area contributed by atoms with Crippen molar-refractivity contribution in [1.82, 2.24) is 25.1 Å². The molecule has 3 amide bonds. The highest BCUT2D eigenvalue weighted by Crippen LogP contribution is 2.33. The van der Waals surface area contributed by atoms with Crippen LogP contribution in [0.2, 0.25) is 5.15 Å². The third kappa shape index (κ3) is 6.19. The number of anilines is 2. The van der Waals surface area contributed by atoms with E-state index in [9.17, 15) is 22.8 Å². The number of ether oxygens (including phenoxy) is 1. The van der Waals surface area contributed by atoms with Crippen LogP contribution in [-0.2, 0) is 15.8 Å². The van der Waals surface area contributed by atoms with Gasteiger partial charge in [0.25, 0.3) is 5.91 Å². The fourth-order valence-electron chi connectivity index (χ4n) is 3.01. The van der Waals surface area contributed by atoms with Gasteiger partial charge in [0.1, 0.15) is 5.69 Å². The second kappa shape index (κ2) is 11.2. The van der Waals surface area contributed by atoms with E-state index in [1.54, 1.807) is 6.92 Å². The Bertz CT molecular complexity index is 1320. The molecule has 15 heteroatoms. The van der Waals surface area contributed by atoms with E-state index in [1.165, 1.54) is 23.9 Å². The fraction of sp³-hybridized carbons (Fsp3) is 0.286. The van der Waals surface area contributed by atoms with Crippen molar-refractivity contribution >= 4 is 40.6 Å². The molecule has 3 N–H and O–H groups in total. The Balaban J connectivity index is 1.83. The molecule has 3 aromatic heterocycles. The molecule has 3 heterocycles. The van der Waals surface area contributed by atoms with E-state index in [1.807, 2.05) is 5.48 Å². The molecule has 36 heavy (non-hydrogen) atoms. The number of hydrogen-bond acceptors (Lipinski definition) is 7. The topological polar surface area (TPSA) is 132 Å². The van der Waals surface area contributed by atoms with Crippen molar-refractivity contribution in [2.45, 2.75) is 25.6 Å². The SMILES string of the molecule is C#CCCONC(=O)c1ncc(NC(=O)Nc2cnc3cc(Cl)nn3c2[C@H](C)OC)cc1C(F)(F)F. The van der Waals surface area contributed by atoms with Gasteiger partial charge in [-0.1, -0.05) is 11.6 Å². The largest absolute Gasteiger partial charge is 0.418 e. The normalized spacial score (nSPS) is 12.1. The van der Waals surface area contributed by atoms with Gasteiger partial charge in [0, 0.05) is 19.6 Å². The summed E-state index contributed by atoms with van der Waals surface area (Å²) >= 11 is 5.94. The minimum atomic E-state index is -4.96. The Morgan fingerprint density at radius 3 is 2.67 bits per heavy atom. The summed E-state index contributed by atoms with van der Waals surface area (Å²) in [6.45, 7) is 1.59. The molecule has 1 atom stereocenters. The van der Waals surface area contributed by atoms with E-state index in [4.69, 9.17) is 27.6 Å². The Kier molecular flexibility index (Phi) is 8.30. The maximum atomic E-state index is 13.6. The quantitative estimate of drug-likeness (QED) is 0.231. The molecule has 0 aliphatic rings. The van der Waals surface area contributed by atoms with Crippen molar-refractivity contribution in [3.05, 3.63) is 46.6 Å². The number of aromatic nitrogens is 4. The number of amides is 3. The number of nitrogens with one attached hydrogen (secondary N) is 3. The molecule has 11 nitrogen and oxygen atoms in total. The van der Waals surface area contributed by atoms with E-state index in [0.717, 1.165) is 6.20 Å². The molecule has 0 aliphatic heterocycles. The second-order valence-corrected chi connectivity index (χ2v) is 7.49. The van der Waals surface area contributed by atoms with Gasteiger partial charge in [-0.05, 0) is 13.0 Å². The predicted octanol–water partition coefficient (Wildman–Crippen LogP) is 3.83. The van der Waals surface area contributed by atoms with Crippen molar-refractivity contribution in [2.24, 2.45) is 0 Å². The van der Waals surface area contributed by atoms with Crippen molar-refractivity contribution in [2.75, 3.05) is 24.4 Å². The van der Waals surface area contributed by atoms with Gasteiger partial charge in [-0.2, -0.15) is 18.3 Å². The molecule has 0 aromatic carbocycles. The first kappa shape index (κ1) is 26.7. The zero-order valence-electron chi connectivity index (χ0n) is 18.8. The van der Waals surface area contributed by atoms with Gasteiger partial charge in [0.2, 0.25) is 0 Å². The van der Waals surface area contributed by atoms with Crippen LogP contribution < -0.4 is 16.1 Å². The van der Waals surface area contributed by atoms with E-state index < -0.39 is 35.5 Å². The predicted molar refractivity (Wildman–Crippen MR) is 122 cm³/mol. The summed E-state index contributed by atoms with van der Waals surface area (Å²) in [6.07, 6.45) is 1.86. The van der Waals surface area contributed by atoms with E-state index in [2.05, 4.69) is 31.6 Å². The number of alkyl halides is 3. The number of fused-ring (bicyclic) bond motifs is 1. The standard InChI is InChI=1S/C21H19ClF3N7O4/c1-4-5-6-36-31-19(33)17-13(21(23,24)25)7-12(9-27-17)28-20(34)29-14-10-26-16-8-15(22)30-32(16)18(14)11(2)35-3/h1,7-11H,5-6H2,2-3H3,(H,31,33)(H2,28,29,34)/t11-/m0/s1. The Labute approximate surface area is 207 Å². The Morgan fingerprint density at radius 1 is 1.25 bits per heavy atom. The van der Waals surface area contributed by atoms with Crippen molar-refractivity contribution < 1.29 is 32.3 Å². The molecular weight excluding hydrogens is 507 g/mol. The number of pyridine rings is 1. The molecule has 190 valence electrons. The first-order chi connectivity index (χ1) is 17.0. The number of methoxy groups -OCH3 is 1. The third-order valence-corrected chi connectivity index (χ3v) is 4.84. The summed E-state index contributed by atoms with van der Waals surface area (Å²) in [6, 6.07) is 1.15. The number of rotatable bonds is 8. The molecule has 0 unspecified atom stereocenters. The number of hydroxylamine groups is 1. The van der Waals surface area contributed by atoms with Crippen LogP contribution in [-0.4, -0.2) is 45.2 Å². The highest BCUT2D eigenvalue weighted by atomic mass is 35.5. The van der Waals surface area contributed by atoms with Crippen LogP contribution in [0.3, 0.4) is 0 Å². The van der Waals surface area contributed by atoms with Crippen LogP contribution in [0.1, 0.15) is 41.2 Å². The van der Waals surface area contributed by atoms with Crippen LogP contribution in [0.25, 0.3) is 5.65 Å². The summed E-state index contributed by atoms with van der Waals surface area (Å²) in [5.74, 6) is 1.01. The maximum absolute atomic E-state index is 13.6. The second-order valence-electron chi connectivity index (χ2n) is 7.10. The Morgan fingerprint density at radius 2 is 2.00 bits per heavy atom. The summed E-state index contributed by atoms with van der Waals surface area (Å²) in [4.78, 5) is 37.1. The van der Waals surface area contributed by atoms with Crippen LogP contribution in [0.5, 0.6) is 0 Å². The van der Waals surface area contributed by atoms with Crippen molar-refractivity contribution in [3.63, 3.8) is 0 Å². The van der Waals surface area contributed by atoms with Gasteiger partial charge in [0.05, 0.1) is 47.7 Å². The molecule has 0 aliphatic carbocycles. The summed E-state index contributed by atoms with van der Waals surface area (Å²) in [7, 11) is 1.44. The first-order valence-corrected chi connectivity index (χ1v) is 10.5. The molecule has 3 aromatic rings. The number of carbonyl (C=O) groups excluding carboxylic acids is 2. The van der Waals surface area contributed by atoms with Gasteiger partial charge >= 0.3 is 12.2 Å². The first-order valence-electron chi connectivity index (χ1n) is 10.1. The Hall–Kier alpha value is -3.93. The van der Waals surface area contributed by atoms with Crippen molar-refractivity contribution in [1.29, 1.82) is 0 Å². The smallest absolute Gasteiger partial charge is 0.375 e. The maximum Gasteiger partial charge on any atom is 0.418 e. The molecule has 0 bridgehead atoms. The molecule has 3 rings (SSSR count). The summed E-state index contributed by atoms with van der Waals surface area (Å²) < 4.78 is 47.5. The molecule has 0 saturated heterocycles. The summed E-state index contributed by atoms with van der Waals surface area (Å²) in [5.41, 5.74) is 0.117. The van der Waals surface area contributed by atoms with Gasteiger partial charge in [0.15, 0.2) is 10.8 Å². The number of carbonyl (C=O) groups is 2. The molecule has 0 spiro atoms. The average molecular weight is 526 g/mol. The van der Waals surface area contributed by atoms with Gasteiger partial charge in [-0.25, -0.2) is 24.8 Å². The third-order valence-electron chi connectivity index (χ3n) is 4.66. The van der Waals surface area contributed by atoms with Gasteiger partial charge < -0.3 is 15.4 Å². The van der Waals surface area contributed by atoms with Gasteiger partial charge in [-0.15, -0.1) is 12.3 Å². The zero-order valence-corrected chi connectivity index (χ0v) is 19.6. The highest BCUT2D eigenvalue weighted by Gasteiger charge is 2.37. The van der Waals surface area contributed by atoms with Crippen LogP contribution in [0, 0.1) is 12.3 Å². The lowest BCUT2D eigenvalue weighted by atomic mass is 10.1. The molecule has 0 radical (unpaired) electrons. The van der Waals surface area contributed by atoms with E-state index in [-0.39, 0.29) is 29.6 Å². The zero-order chi connectivity index (χ0) is 26.5. The summed E-state index contributed by atoms with van der Waals surface area (Å²) in [5, 5.41) is 9.00. The minimum Gasteiger partial charge on any atom is -0.375 e. The van der Waals surface area contributed by atoms with Crippen molar-refractivity contribution in [3.8, 4) is 12.3 Å². The van der Waals surface area contributed by atoms with E-state index >= 15 is 0 Å². The number of nitrogens with zero attached hydrogens (tertiary/aromatic N) is 4. The lowest BCUT2D eigenvalue weighted by Crippen LogP contribution is -2.28.